The van der Waals surface area contributed by atoms with Gasteiger partial charge in [0, 0.05) is 25.8 Å². The van der Waals surface area contributed by atoms with Crippen LogP contribution < -0.4 is 10.3 Å². The number of aromatic nitrogens is 3. The molecule has 0 amide bonds. The summed E-state index contributed by atoms with van der Waals surface area (Å²) in [5.74, 6) is -0.501. The maximum atomic E-state index is 12.2. The quantitative estimate of drug-likeness (QED) is 0.910. The van der Waals surface area contributed by atoms with Crippen molar-refractivity contribution in [3.8, 4) is 0 Å². The summed E-state index contributed by atoms with van der Waals surface area (Å²) in [6.45, 7) is 4.27. The molecule has 1 N–H and O–H groups in total. The Balaban J connectivity index is 2.23. The maximum Gasteiger partial charge on any atom is 0.341 e. The lowest BCUT2D eigenvalue weighted by atomic mass is 10.2. The van der Waals surface area contributed by atoms with Gasteiger partial charge in [0.1, 0.15) is 11.4 Å². The predicted molar refractivity (Wildman–Crippen MR) is 77.9 cm³/mol. The van der Waals surface area contributed by atoms with Crippen molar-refractivity contribution in [2.75, 3.05) is 18.0 Å². The molecule has 1 aliphatic rings. The van der Waals surface area contributed by atoms with E-state index in [1.165, 1.54) is 6.20 Å². The smallest absolute Gasteiger partial charge is 0.341 e. The van der Waals surface area contributed by atoms with E-state index in [1.54, 1.807) is 10.8 Å². The molecule has 3 heterocycles. The molecule has 1 fully saturated rings. The summed E-state index contributed by atoms with van der Waals surface area (Å²) in [5, 5.41) is 9.10. The second-order valence-corrected chi connectivity index (χ2v) is 5.06. The van der Waals surface area contributed by atoms with Crippen molar-refractivity contribution in [3.05, 3.63) is 28.2 Å². The number of pyridine rings is 1. The first-order valence-electron chi connectivity index (χ1n) is 7.00. The number of fused-ring (bicyclic) bond motifs is 1. The van der Waals surface area contributed by atoms with Crippen LogP contribution in [0.25, 0.3) is 11.2 Å². The van der Waals surface area contributed by atoms with E-state index in [1.807, 2.05) is 6.92 Å². The molecule has 2 aromatic rings. The summed E-state index contributed by atoms with van der Waals surface area (Å²) in [7, 11) is 0. The van der Waals surface area contributed by atoms with E-state index in [4.69, 9.17) is 5.11 Å². The minimum absolute atomic E-state index is 0.111. The van der Waals surface area contributed by atoms with Gasteiger partial charge in [-0.05, 0) is 19.8 Å². The number of carbonyl (C=O) groups is 1. The summed E-state index contributed by atoms with van der Waals surface area (Å²) in [5.41, 5.74) is -0.299. The summed E-state index contributed by atoms with van der Waals surface area (Å²) < 4.78 is 1.66. The Kier molecular flexibility index (Phi) is 3.32. The predicted octanol–water partition coefficient (Wildman–Crippen LogP) is 1.11. The fraction of sp³-hybridized carbons (Fsp3) is 0.429. The monoisotopic (exact) mass is 288 g/mol. The van der Waals surface area contributed by atoms with Crippen LogP contribution >= 0.6 is 0 Å². The molecule has 0 aromatic carbocycles. The Morgan fingerprint density at radius 2 is 2.10 bits per heavy atom. The van der Waals surface area contributed by atoms with Gasteiger partial charge in [-0.15, -0.1) is 0 Å². The SMILES string of the molecule is CCn1cc(C(=O)O)c(=O)c2ncc(N3CCCC3)nc21. The lowest BCUT2D eigenvalue weighted by Gasteiger charge is -2.17. The fourth-order valence-corrected chi connectivity index (χ4v) is 2.63. The number of aryl methyl sites for hydroxylation is 1. The van der Waals surface area contributed by atoms with Gasteiger partial charge in [-0.3, -0.25) is 4.79 Å². The molecule has 21 heavy (non-hydrogen) atoms. The topological polar surface area (TPSA) is 88.3 Å². The molecule has 3 rings (SSSR count). The van der Waals surface area contributed by atoms with Crippen LogP contribution in [-0.4, -0.2) is 38.7 Å². The number of rotatable bonds is 3. The number of carboxylic acid groups (broad SMARTS) is 1. The van der Waals surface area contributed by atoms with Crippen LogP contribution in [0.15, 0.2) is 17.2 Å². The summed E-state index contributed by atoms with van der Waals surface area (Å²) in [6.07, 6.45) is 5.15. The van der Waals surface area contributed by atoms with Gasteiger partial charge in [0.25, 0.3) is 0 Å². The molecular formula is C14H16N4O3. The van der Waals surface area contributed by atoms with Crippen LogP contribution in [0.3, 0.4) is 0 Å². The molecule has 7 heteroatoms. The number of carboxylic acids is 1. The highest BCUT2D eigenvalue weighted by molar-refractivity contribution is 5.90. The van der Waals surface area contributed by atoms with Crippen molar-refractivity contribution in [1.29, 1.82) is 0 Å². The largest absolute Gasteiger partial charge is 0.477 e. The molecular weight excluding hydrogens is 272 g/mol. The summed E-state index contributed by atoms with van der Waals surface area (Å²) in [4.78, 5) is 34.1. The molecule has 0 unspecified atom stereocenters. The van der Waals surface area contributed by atoms with Gasteiger partial charge < -0.3 is 14.6 Å². The summed E-state index contributed by atoms with van der Waals surface area (Å²) >= 11 is 0. The van der Waals surface area contributed by atoms with E-state index in [0.29, 0.717) is 12.2 Å². The Bertz CT molecular complexity index is 763. The van der Waals surface area contributed by atoms with Crippen LogP contribution in [0.4, 0.5) is 5.82 Å². The average molecular weight is 288 g/mol. The van der Waals surface area contributed by atoms with Crippen LogP contribution in [-0.2, 0) is 6.54 Å². The van der Waals surface area contributed by atoms with Crippen LogP contribution in [0.5, 0.6) is 0 Å². The fourth-order valence-electron chi connectivity index (χ4n) is 2.63. The van der Waals surface area contributed by atoms with Gasteiger partial charge in [-0.2, -0.15) is 0 Å². The van der Waals surface area contributed by atoms with Gasteiger partial charge >= 0.3 is 5.97 Å². The third kappa shape index (κ3) is 2.24. The van der Waals surface area contributed by atoms with Gasteiger partial charge in [0.05, 0.1) is 6.20 Å². The zero-order valence-electron chi connectivity index (χ0n) is 11.7. The zero-order valence-corrected chi connectivity index (χ0v) is 11.7. The lowest BCUT2D eigenvalue weighted by Crippen LogP contribution is -2.23. The van der Waals surface area contributed by atoms with Gasteiger partial charge in [0.2, 0.25) is 5.43 Å². The number of hydrogen-bond acceptors (Lipinski definition) is 5. The first kappa shape index (κ1) is 13.5. The Morgan fingerprint density at radius 1 is 1.38 bits per heavy atom. The second kappa shape index (κ2) is 5.16. The molecule has 1 saturated heterocycles. The number of hydrogen-bond donors (Lipinski definition) is 1. The van der Waals surface area contributed by atoms with E-state index < -0.39 is 11.4 Å². The molecule has 0 atom stereocenters. The van der Waals surface area contributed by atoms with Crippen molar-refractivity contribution < 1.29 is 9.90 Å². The molecule has 110 valence electrons. The van der Waals surface area contributed by atoms with E-state index >= 15 is 0 Å². The Hall–Kier alpha value is -2.44. The molecule has 0 bridgehead atoms. The molecule has 2 aromatic heterocycles. The number of anilines is 1. The molecule has 0 aliphatic carbocycles. The first-order chi connectivity index (χ1) is 10.1. The van der Waals surface area contributed by atoms with Crippen molar-refractivity contribution in [1.82, 2.24) is 14.5 Å². The molecule has 1 aliphatic heterocycles. The maximum absolute atomic E-state index is 12.2. The normalized spacial score (nSPS) is 14.8. The van der Waals surface area contributed by atoms with Crippen molar-refractivity contribution in [2.45, 2.75) is 26.3 Å². The summed E-state index contributed by atoms with van der Waals surface area (Å²) in [6, 6.07) is 0. The standard InChI is InChI=1S/C14H16N4O3/c1-2-17-8-9(14(20)21)12(19)11-13(17)16-10(7-15-11)18-5-3-4-6-18/h7-8H,2-6H2,1H3,(H,20,21). The lowest BCUT2D eigenvalue weighted by molar-refractivity contribution is 0.0695. The van der Waals surface area contributed by atoms with E-state index in [0.717, 1.165) is 31.7 Å². The first-order valence-corrected chi connectivity index (χ1v) is 7.00. The van der Waals surface area contributed by atoms with E-state index in [2.05, 4.69) is 14.9 Å². The van der Waals surface area contributed by atoms with Crippen molar-refractivity contribution >= 4 is 23.0 Å². The number of nitrogens with zero attached hydrogens (tertiary/aromatic N) is 4. The average Bonchev–Trinajstić information content (AvgIpc) is 3.01. The van der Waals surface area contributed by atoms with Crippen LogP contribution in [0.1, 0.15) is 30.1 Å². The minimum Gasteiger partial charge on any atom is -0.477 e. The van der Waals surface area contributed by atoms with Gasteiger partial charge in [-0.25, -0.2) is 14.8 Å². The zero-order chi connectivity index (χ0) is 15.0. The Labute approximate surface area is 120 Å². The number of aromatic carboxylic acids is 1. The molecule has 0 saturated carbocycles. The van der Waals surface area contributed by atoms with E-state index in [-0.39, 0.29) is 11.1 Å². The molecule has 0 spiro atoms. The van der Waals surface area contributed by atoms with E-state index in [9.17, 15) is 9.59 Å². The third-order valence-corrected chi connectivity index (χ3v) is 3.76. The Morgan fingerprint density at radius 3 is 2.71 bits per heavy atom. The van der Waals surface area contributed by atoms with Crippen LogP contribution in [0.2, 0.25) is 0 Å². The van der Waals surface area contributed by atoms with Gasteiger partial charge in [-0.1, -0.05) is 0 Å². The molecule has 0 radical (unpaired) electrons. The highest BCUT2D eigenvalue weighted by atomic mass is 16.4. The van der Waals surface area contributed by atoms with Crippen LogP contribution in [0, 0.1) is 0 Å². The highest BCUT2D eigenvalue weighted by Crippen LogP contribution is 2.19. The highest BCUT2D eigenvalue weighted by Gasteiger charge is 2.19. The van der Waals surface area contributed by atoms with Gasteiger partial charge in [0.15, 0.2) is 11.2 Å². The molecule has 7 nitrogen and oxygen atoms in total. The van der Waals surface area contributed by atoms with Crippen molar-refractivity contribution in [3.63, 3.8) is 0 Å². The third-order valence-electron chi connectivity index (χ3n) is 3.76. The van der Waals surface area contributed by atoms with Crippen molar-refractivity contribution in [2.24, 2.45) is 0 Å². The minimum atomic E-state index is -1.24. The second-order valence-electron chi connectivity index (χ2n) is 5.06.